The Morgan fingerprint density at radius 2 is 1.89 bits per heavy atom. The molecule has 18 heavy (non-hydrogen) atoms. The van der Waals surface area contributed by atoms with Gasteiger partial charge in [0.05, 0.1) is 18.9 Å². The number of benzene rings is 1. The molecule has 0 spiro atoms. The molecule has 3 nitrogen and oxygen atoms in total. The summed E-state index contributed by atoms with van der Waals surface area (Å²) in [5, 5.41) is 3.43. The molecule has 0 radical (unpaired) electrons. The van der Waals surface area contributed by atoms with Crippen LogP contribution in [0.2, 0.25) is 0 Å². The Balaban J connectivity index is 1.86. The third-order valence-electron chi connectivity index (χ3n) is 2.92. The molecule has 0 bridgehead atoms. The second-order valence-electron chi connectivity index (χ2n) is 4.37. The van der Waals surface area contributed by atoms with Crippen LogP contribution in [0.5, 0.6) is 0 Å². The number of ether oxygens (including phenoxy) is 1. The van der Waals surface area contributed by atoms with Gasteiger partial charge in [-0.2, -0.15) is 0 Å². The molecule has 1 atom stereocenters. The summed E-state index contributed by atoms with van der Waals surface area (Å²) in [6.07, 6.45) is 1.70. The fourth-order valence-electron chi connectivity index (χ4n) is 1.83. The van der Waals surface area contributed by atoms with E-state index in [2.05, 4.69) is 36.5 Å². The third kappa shape index (κ3) is 3.45. The van der Waals surface area contributed by atoms with E-state index in [0.717, 1.165) is 12.3 Å². The average molecular weight is 245 g/mol. The lowest BCUT2D eigenvalue weighted by molar-refractivity contribution is 0.185. The van der Waals surface area contributed by atoms with Crippen molar-refractivity contribution in [1.82, 2.24) is 5.32 Å². The first kappa shape index (κ1) is 12.9. The van der Waals surface area contributed by atoms with Crippen molar-refractivity contribution in [1.29, 1.82) is 0 Å². The van der Waals surface area contributed by atoms with Crippen molar-refractivity contribution in [2.24, 2.45) is 0 Å². The van der Waals surface area contributed by atoms with E-state index in [0.29, 0.717) is 6.61 Å². The number of furan rings is 1. The largest absolute Gasteiger partial charge is 0.468 e. The zero-order valence-electron chi connectivity index (χ0n) is 10.8. The van der Waals surface area contributed by atoms with Crippen LogP contribution in [-0.4, -0.2) is 7.11 Å². The predicted octanol–water partition coefficient (Wildman–Crippen LogP) is 3.28. The smallest absolute Gasteiger partial charge is 0.120 e. The standard InChI is InChI=1S/C15H19NO2/c1-12(15-4-3-9-18-15)16-10-13-5-7-14(8-6-13)11-17-2/h3-9,12,16H,10-11H2,1-2H3/t12-/m1/s1. The Kier molecular flexibility index (Phi) is 4.56. The molecule has 96 valence electrons. The summed E-state index contributed by atoms with van der Waals surface area (Å²) in [6, 6.07) is 12.5. The molecule has 0 fully saturated rings. The molecule has 0 unspecified atom stereocenters. The highest BCUT2D eigenvalue weighted by Gasteiger charge is 2.06. The monoisotopic (exact) mass is 245 g/mol. The Morgan fingerprint density at radius 3 is 2.50 bits per heavy atom. The summed E-state index contributed by atoms with van der Waals surface area (Å²) in [6.45, 7) is 3.59. The van der Waals surface area contributed by atoms with Crippen molar-refractivity contribution in [2.45, 2.75) is 26.1 Å². The molecule has 1 aromatic heterocycles. The zero-order chi connectivity index (χ0) is 12.8. The lowest BCUT2D eigenvalue weighted by Gasteiger charge is -2.11. The highest BCUT2D eigenvalue weighted by molar-refractivity contribution is 5.22. The molecule has 1 aromatic carbocycles. The Morgan fingerprint density at radius 1 is 1.17 bits per heavy atom. The maximum atomic E-state index is 5.36. The Bertz CT molecular complexity index is 448. The van der Waals surface area contributed by atoms with Crippen molar-refractivity contribution in [3.63, 3.8) is 0 Å². The minimum Gasteiger partial charge on any atom is -0.468 e. The minimum atomic E-state index is 0.221. The van der Waals surface area contributed by atoms with E-state index in [-0.39, 0.29) is 6.04 Å². The highest BCUT2D eigenvalue weighted by Crippen LogP contribution is 2.13. The van der Waals surface area contributed by atoms with Crippen LogP contribution in [0.3, 0.4) is 0 Å². The van der Waals surface area contributed by atoms with Crippen molar-refractivity contribution in [3.8, 4) is 0 Å². The van der Waals surface area contributed by atoms with Gasteiger partial charge in [-0.05, 0) is 30.2 Å². The van der Waals surface area contributed by atoms with Crippen LogP contribution in [0, 0.1) is 0 Å². The molecule has 0 aliphatic rings. The van der Waals surface area contributed by atoms with Gasteiger partial charge in [0.2, 0.25) is 0 Å². The van der Waals surface area contributed by atoms with Crippen LogP contribution in [0.4, 0.5) is 0 Å². The van der Waals surface area contributed by atoms with Gasteiger partial charge in [-0.1, -0.05) is 24.3 Å². The normalized spacial score (nSPS) is 12.6. The second-order valence-corrected chi connectivity index (χ2v) is 4.37. The number of hydrogen-bond donors (Lipinski definition) is 1. The van der Waals surface area contributed by atoms with Crippen LogP contribution in [0.1, 0.15) is 29.9 Å². The fourth-order valence-corrected chi connectivity index (χ4v) is 1.83. The molecule has 1 heterocycles. The highest BCUT2D eigenvalue weighted by atomic mass is 16.5. The summed E-state index contributed by atoms with van der Waals surface area (Å²) in [7, 11) is 1.71. The first-order valence-corrected chi connectivity index (χ1v) is 6.13. The molecule has 0 aliphatic heterocycles. The van der Waals surface area contributed by atoms with E-state index in [4.69, 9.17) is 9.15 Å². The molecule has 0 saturated heterocycles. The molecule has 2 aromatic rings. The molecular weight excluding hydrogens is 226 g/mol. The van der Waals surface area contributed by atoms with Crippen molar-refractivity contribution in [3.05, 3.63) is 59.5 Å². The number of rotatable bonds is 6. The molecule has 1 N–H and O–H groups in total. The van der Waals surface area contributed by atoms with E-state index in [1.165, 1.54) is 11.1 Å². The fraction of sp³-hybridized carbons (Fsp3) is 0.333. The Labute approximate surface area is 108 Å². The van der Waals surface area contributed by atoms with Gasteiger partial charge in [0.25, 0.3) is 0 Å². The Hall–Kier alpha value is -1.58. The maximum absolute atomic E-state index is 5.36. The van der Waals surface area contributed by atoms with Crippen LogP contribution < -0.4 is 5.32 Å². The lowest BCUT2D eigenvalue weighted by atomic mass is 10.1. The summed E-state index contributed by atoms with van der Waals surface area (Å²) in [5.74, 6) is 0.964. The van der Waals surface area contributed by atoms with Crippen molar-refractivity contribution < 1.29 is 9.15 Å². The average Bonchev–Trinajstić information content (AvgIpc) is 2.92. The molecule has 2 rings (SSSR count). The molecule has 0 amide bonds. The predicted molar refractivity (Wildman–Crippen MR) is 71.1 cm³/mol. The van der Waals surface area contributed by atoms with E-state index in [1.54, 1.807) is 13.4 Å². The van der Waals surface area contributed by atoms with Crippen molar-refractivity contribution >= 4 is 0 Å². The summed E-state index contributed by atoms with van der Waals surface area (Å²) < 4.78 is 10.4. The first-order chi connectivity index (χ1) is 8.79. The maximum Gasteiger partial charge on any atom is 0.120 e. The molecule has 0 aliphatic carbocycles. The van der Waals surface area contributed by atoms with Gasteiger partial charge < -0.3 is 14.5 Å². The van der Waals surface area contributed by atoms with E-state index in [1.807, 2.05) is 12.1 Å². The SMILES string of the molecule is COCc1ccc(CN[C@H](C)c2ccco2)cc1. The summed E-state index contributed by atoms with van der Waals surface area (Å²) >= 11 is 0. The number of nitrogens with one attached hydrogen (secondary N) is 1. The van der Waals surface area contributed by atoms with Gasteiger partial charge in [0.15, 0.2) is 0 Å². The van der Waals surface area contributed by atoms with Crippen LogP contribution in [0.25, 0.3) is 0 Å². The zero-order valence-corrected chi connectivity index (χ0v) is 10.8. The van der Waals surface area contributed by atoms with Gasteiger partial charge in [-0.15, -0.1) is 0 Å². The van der Waals surface area contributed by atoms with Gasteiger partial charge in [0, 0.05) is 13.7 Å². The lowest BCUT2D eigenvalue weighted by Crippen LogP contribution is -2.17. The first-order valence-electron chi connectivity index (χ1n) is 6.13. The number of hydrogen-bond acceptors (Lipinski definition) is 3. The van der Waals surface area contributed by atoms with Crippen LogP contribution in [-0.2, 0) is 17.9 Å². The molecule has 0 saturated carbocycles. The van der Waals surface area contributed by atoms with Crippen molar-refractivity contribution in [2.75, 3.05) is 7.11 Å². The van der Waals surface area contributed by atoms with Crippen LogP contribution >= 0.6 is 0 Å². The van der Waals surface area contributed by atoms with E-state index >= 15 is 0 Å². The summed E-state index contributed by atoms with van der Waals surface area (Å²) in [5.41, 5.74) is 2.45. The van der Waals surface area contributed by atoms with Crippen LogP contribution in [0.15, 0.2) is 47.1 Å². The quantitative estimate of drug-likeness (QED) is 0.848. The topological polar surface area (TPSA) is 34.4 Å². The van der Waals surface area contributed by atoms with Gasteiger partial charge in [-0.25, -0.2) is 0 Å². The number of methoxy groups -OCH3 is 1. The molecular formula is C15H19NO2. The second kappa shape index (κ2) is 6.38. The van der Waals surface area contributed by atoms with Gasteiger partial charge in [0.1, 0.15) is 5.76 Å². The summed E-state index contributed by atoms with van der Waals surface area (Å²) in [4.78, 5) is 0. The van der Waals surface area contributed by atoms with Gasteiger partial charge >= 0.3 is 0 Å². The molecule has 3 heteroatoms. The third-order valence-corrected chi connectivity index (χ3v) is 2.92. The van der Waals surface area contributed by atoms with E-state index in [9.17, 15) is 0 Å². The minimum absolute atomic E-state index is 0.221. The van der Waals surface area contributed by atoms with Gasteiger partial charge in [-0.3, -0.25) is 0 Å². The van der Waals surface area contributed by atoms with E-state index < -0.39 is 0 Å².